The van der Waals surface area contributed by atoms with Crippen LogP contribution in [0.3, 0.4) is 0 Å². The topological polar surface area (TPSA) is 108 Å². The molecule has 0 saturated carbocycles. The van der Waals surface area contributed by atoms with Crippen molar-refractivity contribution in [2.75, 3.05) is 5.73 Å². The Morgan fingerprint density at radius 3 is 3.10 bits per heavy atom. The Morgan fingerprint density at radius 2 is 2.15 bits per heavy atom. The van der Waals surface area contributed by atoms with Crippen LogP contribution >= 0.6 is 11.8 Å². The van der Waals surface area contributed by atoms with Gasteiger partial charge in [-0.3, -0.25) is 0 Å². The molecule has 4 aromatic rings. The normalized spacial score (nSPS) is 11.4. The van der Waals surface area contributed by atoms with Crippen LogP contribution in [0.1, 0.15) is 0 Å². The predicted molar refractivity (Wildman–Crippen MR) is 71.1 cm³/mol. The minimum atomic E-state index is 0.491. The third-order valence-electron chi connectivity index (χ3n) is 2.63. The maximum absolute atomic E-state index is 5.70. The lowest BCUT2D eigenvalue weighted by molar-refractivity contribution is 0.489. The van der Waals surface area contributed by atoms with Gasteiger partial charge < -0.3 is 10.2 Å². The van der Waals surface area contributed by atoms with Crippen LogP contribution in [0.4, 0.5) is 5.69 Å². The summed E-state index contributed by atoms with van der Waals surface area (Å²) in [5.74, 6) is 0. The van der Waals surface area contributed by atoms with Crippen molar-refractivity contribution in [2.24, 2.45) is 0 Å². The molecule has 98 valence electrons. The Labute approximate surface area is 116 Å². The molecule has 4 rings (SSSR count). The van der Waals surface area contributed by atoms with E-state index in [0.29, 0.717) is 27.2 Å². The SMILES string of the molecule is Nc1ccc2nc(Sc3ccc4nnnn4n3)oc2c1. The third kappa shape index (κ3) is 1.84. The number of hydrogen-bond donors (Lipinski definition) is 1. The Hall–Kier alpha value is -2.68. The first-order valence-corrected chi connectivity index (χ1v) is 6.49. The summed E-state index contributed by atoms with van der Waals surface area (Å²) in [6.07, 6.45) is 0. The van der Waals surface area contributed by atoms with Gasteiger partial charge in [0.05, 0.1) is 0 Å². The molecule has 2 N–H and O–H groups in total. The number of hydrogen-bond acceptors (Lipinski definition) is 8. The van der Waals surface area contributed by atoms with Crippen molar-refractivity contribution in [3.63, 3.8) is 0 Å². The van der Waals surface area contributed by atoms with E-state index in [1.54, 1.807) is 24.3 Å². The van der Waals surface area contributed by atoms with Gasteiger partial charge in [0.2, 0.25) is 0 Å². The Morgan fingerprint density at radius 1 is 1.20 bits per heavy atom. The molecular weight excluding hydrogens is 278 g/mol. The van der Waals surface area contributed by atoms with Crippen molar-refractivity contribution in [2.45, 2.75) is 10.2 Å². The fourth-order valence-electron chi connectivity index (χ4n) is 1.74. The summed E-state index contributed by atoms with van der Waals surface area (Å²) in [4.78, 5) is 4.36. The van der Waals surface area contributed by atoms with E-state index in [0.717, 1.165) is 5.52 Å². The minimum Gasteiger partial charge on any atom is -0.431 e. The van der Waals surface area contributed by atoms with E-state index in [1.807, 2.05) is 6.07 Å². The molecule has 0 spiro atoms. The molecule has 0 saturated heterocycles. The molecule has 3 heterocycles. The van der Waals surface area contributed by atoms with E-state index in [2.05, 4.69) is 25.6 Å². The fourth-order valence-corrected chi connectivity index (χ4v) is 2.45. The first-order valence-electron chi connectivity index (χ1n) is 5.67. The van der Waals surface area contributed by atoms with E-state index in [9.17, 15) is 0 Å². The number of aromatic nitrogens is 6. The van der Waals surface area contributed by atoms with E-state index in [1.165, 1.54) is 16.4 Å². The smallest absolute Gasteiger partial charge is 0.263 e. The van der Waals surface area contributed by atoms with Crippen molar-refractivity contribution in [1.82, 2.24) is 30.2 Å². The van der Waals surface area contributed by atoms with Gasteiger partial charge in [0.25, 0.3) is 5.22 Å². The number of nitrogens with zero attached hydrogens (tertiary/aromatic N) is 6. The molecule has 0 atom stereocenters. The number of anilines is 1. The van der Waals surface area contributed by atoms with E-state index >= 15 is 0 Å². The largest absolute Gasteiger partial charge is 0.431 e. The molecule has 0 bridgehead atoms. The molecule has 3 aromatic heterocycles. The molecule has 0 aliphatic rings. The maximum atomic E-state index is 5.70. The van der Waals surface area contributed by atoms with Crippen LogP contribution in [0.5, 0.6) is 0 Å². The van der Waals surface area contributed by atoms with Crippen molar-refractivity contribution < 1.29 is 4.42 Å². The number of tetrazole rings is 1. The highest BCUT2D eigenvalue weighted by Crippen LogP contribution is 2.29. The molecule has 1 aromatic carbocycles. The van der Waals surface area contributed by atoms with Crippen LogP contribution in [0, 0.1) is 0 Å². The number of benzene rings is 1. The summed E-state index contributed by atoms with van der Waals surface area (Å²) in [6.45, 7) is 0. The van der Waals surface area contributed by atoms with Gasteiger partial charge in [0, 0.05) is 11.8 Å². The average molecular weight is 285 g/mol. The molecule has 20 heavy (non-hydrogen) atoms. The number of fused-ring (bicyclic) bond motifs is 2. The molecule has 0 amide bonds. The lowest BCUT2D eigenvalue weighted by Gasteiger charge is -1.94. The highest BCUT2D eigenvalue weighted by molar-refractivity contribution is 7.99. The van der Waals surface area contributed by atoms with Crippen LogP contribution in [0.15, 0.2) is 45.0 Å². The van der Waals surface area contributed by atoms with E-state index < -0.39 is 0 Å². The van der Waals surface area contributed by atoms with Crippen molar-refractivity contribution in [3.05, 3.63) is 30.3 Å². The first-order chi connectivity index (χ1) is 9.78. The van der Waals surface area contributed by atoms with E-state index in [4.69, 9.17) is 10.2 Å². The monoisotopic (exact) mass is 285 g/mol. The summed E-state index contributed by atoms with van der Waals surface area (Å²) < 4.78 is 6.97. The number of nitrogen functional groups attached to an aromatic ring is 1. The van der Waals surface area contributed by atoms with Crippen LogP contribution in [-0.2, 0) is 0 Å². The van der Waals surface area contributed by atoms with Gasteiger partial charge in [-0.15, -0.1) is 14.8 Å². The van der Waals surface area contributed by atoms with Crippen molar-refractivity contribution >= 4 is 34.2 Å². The van der Waals surface area contributed by atoms with Crippen molar-refractivity contribution in [1.29, 1.82) is 0 Å². The second-order valence-electron chi connectivity index (χ2n) is 4.01. The Kier molecular flexibility index (Phi) is 2.33. The summed E-state index contributed by atoms with van der Waals surface area (Å²) in [5, 5.41) is 16.5. The summed E-state index contributed by atoms with van der Waals surface area (Å²) in [6, 6.07) is 8.92. The highest BCUT2D eigenvalue weighted by atomic mass is 32.2. The summed E-state index contributed by atoms with van der Waals surface area (Å²) in [7, 11) is 0. The van der Waals surface area contributed by atoms with Gasteiger partial charge in [0.15, 0.2) is 11.2 Å². The number of oxazole rings is 1. The van der Waals surface area contributed by atoms with Gasteiger partial charge in [-0.05, 0) is 46.5 Å². The molecule has 9 heteroatoms. The zero-order valence-corrected chi connectivity index (χ0v) is 10.8. The fraction of sp³-hybridized carbons (Fsp3) is 0. The minimum absolute atomic E-state index is 0.491. The van der Waals surface area contributed by atoms with Crippen LogP contribution in [0.25, 0.3) is 16.7 Å². The predicted octanol–water partition coefficient (Wildman–Crippen LogP) is 1.39. The summed E-state index contributed by atoms with van der Waals surface area (Å²) >= 11 is 1.29. The lowest BCUT2D eigenvalue weighted by atomic mass is 10.3. The third-order valence-corrected chi connectivity index (χ3v) is 3.41. The standard InChI is InChI=1S/C11H7N7OS/c12-6-1-2-7-8(5-6)19-11(13-7)20-10-4-3-9-14-16-17-18(9)15-10/h1-5H,12H2. The van der Waals surface area contributed by atoms with E-state index in [-0.39, 0.29) is 0 Å². The second kappa shape index (κ2) is 4.17. The lowest BCUT2D eigenvalue weighted by Crippen LogP contribution is -1.94. The first kappa shape index (κ1) is 11.2. The number of rotatable bonds is 2. The van der Waals surface area contributed by atoms with Crippen molar-refractivity contribution in [3.8, 4) is 0 Å². The molecule has 0 unspecified atom stereocenters. The average Bonchev–Trinajstić information content (AvgIpc) is 3.03. The molecule has 0 fully saturated rings. The molecule has 0 radical (unpaired) electrons. The van der Waals surface area contributed by atoms with Gasteiger partial charge in [0.1, 0.15) is 10.5 Å². The van der Waals surface area contributed by atoms with Gasteiger partial charge in [-0.2, -0.15) is 0 Å². The highest BCUT2D eigenvalue weighted by Gasteiger charge is 2.10. The zero-order chi connectivity index (χ0) is 13.5. The zero-order valence-electron chi connectivity index (χ0n) is 9.96. The van der Waals surface area contributed by atoms with Crippen LogP contribution in [-0.4, -0.2) is 30.2 Å². The Balaban J connectivity index is 1.72. The van der Waals surface area contributed by atoms with Gasteiger partial charge in [-0.1, -0.05) is 0 Å². The Bertz CT molecular complexity index is 915. The van der Waals surface area contributed by atoms with Crippen LogP contribution < -0.4 is 5.73 Å². The molecular formula is C11H7N7OS. The molecule has 8 nitrogen and oxygen atoms in total. The quantitative estimate of drug-likeness (QED) is 0.550. The number of nitrogens with two attached hydrogens (primary N) is 1. The second-order valence-corrected chi connectivity index (χ2v) is 4.98. The van der Waals surface area contributed by atoms with Crippen LogP contribution in [0.2, 0.25) is 0 Å². The molecule has 0 aliphatic carbocycles. The van der Waals surface area contributed by atoms with Gasteiger partial charge in [-0.25, -0.2) is 4.98 Å². The van der Waals surface area contributed by atoms with Gasteiger partial charge >= 0.3 is 0 Å². The summed E-state index contributed by atoms with van der Waals surface area (Å²) in [5.41, 5.74) is 8.33. The maximum Gasteiger partial charge on any atom is 0.263 e. The molecule has 0 aliphatic heterocycles.